The normalized spacial score (nSPS) is 9.69. The van der Waals surface area contributed by atoms with Crippen LogP contribution in [-0.4, -0.2) is 32.9 Å². The van der Waals surface area contributed by atoms with Gasteiger partial charge in [-0.2, -0.15) is 4.98 Å². The zero-order valence-corrected chi connectivity index (χ0v) is 7.31. The molecule has 0 radical (unpaired) electrons. The molecule has 70 valence electrons. The van der Waals surface area contributed by atoms with E-state index in [4.69, 9.17) is 9.84 Å². The Morgan fingerprint density at radius 3 is 2.62 bits per heavy atom. The monoisotopic (exact) mass is 183 g/mol. The summed E-state index contributed by atoms with van der Waals surface area (Å²) in [7, 11) is 0. The Balaban J connectivity index is 2.68. The molecule has 0 fully saturated rings. The summed E-state index contributed by atoms with van der Waals surface area (Å²) in [6, 6.07) is -0.00880. The molecular weight excluding hydrogens is 174 g/mol. The van der Waals surface area contributed by atoms with E-state index in [-0.39, 0.29) is 6.01 Å². The van der Waals surface area contributed by atoms with E-state index in [0.717, 1.165) is 0 Å². The highest BCUT2D eigenvalue weighted by Crippen LogP contribution is 2.03. The lowest BCUT2D eigenvalue weighted by atomic mass is 10.4. The number of aromatic nitrogens is 3. The topological polar surface area (TPSA) is 85.2 Å². The molecule has 0 unspecified atom stereocenters. The van der Waals surface area contributed by atoms with Crippen LogP contribution in [0.4, 0.5) is 0 Å². The molecule has 6 nitrogen and oxygen atoms in total. The number of rotatable bonds is 3. The lowest BCUT2D eigenvalue weighted by molar-refractivity contribution is -0.139. The second kappa shape index (κ2) is 3.79. The summed E-state index contributed by atoms with van der Waals surface area (Å²) in [6.45, 7) is 3.05. The minimum atomic E-state index is -1.07. The highest BCUT2D eigenvalue weighted by Gasteiger charge is 2.04. The van der Waals surface area contributed by atoms with E-state index < -0.39 is 12.6 Å². The van der Waals surface area contributed by atoms with Gasteiger partial charge in [0.2, 0.25) is 0 Å². The van der Waals surface area contributed by atoms with Crippen LogP contribution < -0.4 is 4.74 Å². The van der Waals surface area contributed by atoms with E-state index in [0.29, 0.717) is 11.4 Å². The van der Waals surface area contributed by atoms with Crippen molar-refractivity contribution in [3.8, 4) is 6.01 Å². The van der Waals surface area contributed by atoms with Gasteiger partial charge in [-0.1, -0.05) is 5.10 Å². The van der Waals surface area contributed by atoms with Crippen molar-refractivity contribution in [3.63, 3.8) is 0 Å². The van der Waals surface area contributed by atoms with Crippen molar-refractivity contribution in [2.75, 3.05) is 6.61 Å². The third-order valence-electron chi connectivity index (χ3n) is 1.40. The molecule has 13 heavy (non-hydrogen) atoms. The molecule has 0 aliphatic carbocycles. The van der Waals surface area contributed by atoms with Crippen LogP contribution in [0.5, 0.6) is 6.01 Å². The number of nitrogens with zero attached hydrogens (tertiary/aromatic N) is 3. The van der Waals surface area contributed by atoms with E-state index in [1.807, 2.05) is 0 Å². The minimum Gasteiger partial charge on any atom is -0.479 e. The molecule has 0 aliphatic heterocycles. The summed E-state index contributed by atoms with van der Waals surface area (Å²) >= 11 is 0. The highest BCUT2D eigenvalue weighted by molar-refractivity contribution is 5.68. The number of ether oxygens (including phenoxy) is 1. The number of aliphatic carboxylic acids is 1. The van der Waals surface area contributed by atoms with Crippen molar-refractivity contribution < 1.29 is 14.6 Å². The molecule has 1 aromatic heterocycles. The summed E-state index contributed by atoms with van der Waals surface area (Å²) in [5.41, 5.74) is 1.37. The lowest BCUT2D eigenvalue weighted by Crippen LogP contribution is -2.12. The van der Waals surface area contributed by atoms with E-state index in [1.54, 1.807) is 13.8 Å². The number of hydrogen-bond donors (Lipinski definition) is 1. The minimum absolute atomic E-state index is 0.00880. The smallest absolute Gasteiger partial charge is 0.341 e. The first-order valence-electron chi connectivity index (χ1n) is 3.62. The summed E-state index contributed by atoms with van der Waals surface area (Å²) in [4.78, 5) is 14.0. The SMILES string of the molecule is Cc1nnc(OCC(=O)O)nc1C. The fourth-order valence-electron chi connectivity index (χ4n) is 0.624. The van der Waals surface area contributed by atoms with Crippen molar-refractivity contribution in [1.29, 1.82) is 0 Å². The molecule has 0 saturated heterocycles. The Bertz CT molecular complexity index is 327. The van der Waals surface area contributed by atoms with Gasteiger partial charge >= 0.3 is 12.0 Å². The van der Waals surface area contributed by atoms with Gasteiger partial charge in [0.15, 0.2) is 6.61 Å². The summed E-state index contributed by atoms with van der Waals surface area (Å²) < 4.78 is 4.72. The van der Waals surface area contributed by atoms with E-state index in [1.165, 1.54) is 0 Å². The number of aryl methyl sites for hydroxylation is 2. The maximum absolute atomic E-state index is 10.1. The van der Waals surface area contributed by atoms with Crippen molar-refractivity contribution in [1.82, 2.24) is 15.2 Å². The molecule has 1 heterocycles. The molecule has 0 aromatic carbocycles. The lowest BCUT2D eigenvalue weighted by Gasteiger charge is -2.01. The number of carboxylic acids is 1. The Kier molecular flexibility index (Phi) is 2.73. The summed E-state index contributed by atoms with van der Waals surface area (Å²) in [5, 5.41) is 15.6. The van der Waals surface area contributed by atoms with Crippen LogP contribution in [0.15, 0.2) is 0 Å². The Labute approximate surface area is 74.6 Å². The maximum Gasteiger partial charge on any atom is 0.341 e. The van der Waals surface area contributed by atoms with Gasteiger partial charge in [0.05, 0.1) is 11.4 Å². The maximum atomic E-state index is 10.1. The van der Waals surface area contributed by atoms with Gasteiger partial charge in [-0.15, -0.1) is 5.10 Å². The van der Waals surface area contributed by atoms with Gasteiger partial charge in [-0.3, -0.25) is 0 Å². The zero-order valence-electron chi connectivity index (χ0n) is 7.31. The molecule has 1 rings (SSSR count). The zero-order chi connectivity index (χ0) is 9.84. The predicted octanol–water partition coefficient (Wildman–Crippen LogP) is -0.0482. The fraction of sp³-hybridized carbons (Fsp3) is 0.429. The van der Waals surface area contributed by atoms with Crippen LogP contribution in [-0.2, 0) is 4.79 Å². The molecule has 0 aliphatic rings. The van der Waals surface area contributed by atoms with E-state index in [2.05, 4.69) is 15.2 Å². The van der Waals surface area contributed by atoms with Crippen LogP contribution in [0.3, 0.4) is 0 Å². The average molecular weight is 183 g/mol. The molecule has 1 aromatic rings. The third-order valence-corrected chi connectivity index (χ3v) is 1.40. The second-order valence-corrected chi connectivity index (χ2v) is 2.45. The average Bonchev–Trinajstić information content (AvgIpc) is 2.07. The second-order valence-electron chi connectivity index (χ2n) is 2.45. The van der Waals surface area contributed by atoms with Crippen molar-refractivity contribution in [3.05, 3.63) is 11.4 Å². The van der Waals surface area contributed by atoms with Gasteiger partial charge in [-0.05, 0) is 13.8 Å². The Morgan fingerprint density at radius 2 is 2.08 bits per heavy atom. The number of carboxylic acid groups (broad SMARTS) is 1. The Morgan fingerprint density at radius 1 is 1.38 bits per heavy atom. The summed E-state index contributed by atoms with van der Waals surface area (Å²) in [6.07, 6.45) is 0. The largest absolute Gasteiger partial charge is 0.479 e. The third kappa shape index (κ3) is 2.66. The first kappa shape index (κ1) is 9.37. The quantitative estimate of drug-likeness (QED) is 0.707. The molecule has 0 spiro atoms. The van der Waals surface area contributed by atoms with Crippen LogP contribution in [0.1, 0.15) is 11.4 Å². The van der Waals surface area contributed by atoms with Crippen molar-refractivity contribution >= 4 is 5.97 Å². The van der Waals surface area contributed by atoms with Crippen LogP contribution in [0.25, 0.3) is 0 Å². The predicted molar refractivity (Wildman–Crippen MR) is 42.4 cm³/mol. The summed E-state index contributed by atoms with van der Waals surface area (Å²) in [5.74, 6) is -1.07. The molecule has 1 N–H and O–H groups in total. The first-order chi connectivity index (χ1) is 6.09. The van der Waals surface area contributed by atoms with Gasteiger partial charge in [0, 0.05) is 0 Å². The van der Waals surface area contributed by atoms with Crippen LogP contribution in [0, 0.1) is 13.8 Å². The molecule has 6 heteroatoms. The molecule has 0 saturated carbocycles. The Hall–Kier alpha value is -1.72. The van der Waals surface area contributed by atoms with E-state index in [9.17, 15) is 4.79 Å². The van der Waals surface area contributed by atoms with Crippen LogP contribution in [0.2, 0.25) is 0 Å². The van der Waals surface area contributed by atoms with Gasteiger partial charge in [0.1, 0.15) is 0 Å². The molecule has 0 atom stereocenters. The first-order valence-corrected chi connectivity index (χ1v) is 3.62. The standard InChI is InChI=1S/C7H9N3O3/c1-4-5(2)9-10-7(8-4)13-3-6(11)12/h3H2,1-2H3,(H,11,12). The van der Waals surface area contributed by atoms with Crippen molar-refractivity contribution in [2.24, 2.45) is 0 Å². The van der Waals surface area contributed by atoms with Crippen molar-refractivity contribution in [2.45, 2.75) is 13.8 Å². The highest BCUT2D eigenvalue weighted by atomic mass is 16.5. The molecule has 0 bridgehead atoms. The van der Waals surface area contributed by atoms with Crippen LogP contribution >= 0.6 is 0 Å². The van der Waals surface area contributed by atoms with Gasteiger partial charge in [-0.25, -0.2) is 4.79 Å². The fourth-order valence-corrected chi connectivity index (χ4v) is 0.624. The molecule has 0 amide bonds. The number of carbonyl (C=O) groups is 1. The van der Waals surface area contributed by atoms with Gasteiger partial charge in [0.25, 0.3) is 0 Å². The molecular formula is C7H9N3O3. The van der Waals surface area contributed by atoms with Gasteiger partial charge < -0.3 is 9.84 Å². The van der Waals surface area contributed by atoms with E-state index >= 15 is 0 Å². The number of hydrogen-bond acceptors (Lipinski definition) is 5.